The van der Waals surface area contributed by atoms with Gasteiger partial charge in [-0.25, -0.2) is 4.79 Å². The van der Waals surface area contributed by atoms with E-state index in [1.165, 1.54) is 192 Å². The van der Waals surface area contributed by atoms with E-state index in [2.05, 4.69) is 19.2 Å². The fourth-order valence-electron chi connectivity index (χ4n) is 5.96. The topological polar surface area (TPSA) is 55.4 Å². The Morgan fingerprint density at radius 3 is 1.05 bits per heavy atom. The van der Waals surface area contributed by atoms with Crippen molar-refractivity contribution in [2.45, 2.75) is 219 Å². The molecule has 260 valence electrons. The predicted octanol–water partition coefficient (Wildman–Crippen LogP) is 12.7. The largest absolute Gasteiger partial charge is 0.463 e. The number of rotatable bonds is 36. The zero-order chi connectivity index (χ0) is 32.0. The van der Waals surface area contributed by atoms with E-state index in [9.17, 15) is 9.59 Å². The first-order valence-corrected chi connectivity index (χ1v) is 19.8. The molecule has 0 spiro atoms. The molecule has 1 amide bonds. The molecule has 0 radical (unpaired) electrons. The third-order valence-corrected chi connectivity index (χ3v) is 8.94. The Balaban J connectivity index is 3.32. The summed E-state index contributed by atoms with van der Waals surface area (Å²) < 4.78 is 5.24. The van der Waals surface area contributed by atoms with E-state index in [0.29, 0.717) is 13.2 Å². The van der Waals surface area contributed by atoms with Gasteiger partial charge in [0.2, 0.25) is 5.91 Å². The average Bonchev–Trinajstić information content (AvgIpc) is 3.03. The van der Waals surface area contributed by atoms with Gasteiger partial charge in [0.25, 0.3) is 0 Å². The Morgan fingerprint density at radius 2 is 0.705 bits per heavy atom. The lowest BCUT2D eigenvalue weighted by atomic mass is 10.0. The number of hydrogen-bond acceptors (Lipinski definition) is 3. The van der Waals surface area contributed by atoms with Crippen LogP contribution < -0.4 is 5.32 Å². The number of carbonyl (C=O) groups excluding carboxylic acids is 2. The summed E-state index contributed by atoms with van der Waals surface area (Å²) in [5.41, 5.74) is 0. The smallest absolute Gasteiger partial charge is 0.330 e. The summed E-state index contributed by atoms with van der Waals surface area (Å²) in [5, 5.41) is 2.88. The van der Waals surface area contributed by atoms with Crippen LogP contribution >= 0.6 is 0 Å². The minimum atomic E-state index is -0.413. The van der Waals surface area contributed by atoms with Gasteiger partial charge in [-0.3, -0.25) is 4.79 Å². The van der Waals surface area contributed by atoms with Crippen LogP contribution in [0.3, 0.4) is 0 Å². The second kappa shape index (κ2) is 37.9. The molecule has 0 aliphatic rings. The summed E-state index contributed by atoms with van der Waals surface area (Å²) in [4.78, 5) is 23.8. The molecule has 0 fully saturated rings. The summed E-state index contributed by atoms with van der Waals surface area (Å²) in [5.74, 6) is -0.617. The number of amides is 1. The van der Waals surface area contributed by atoms with Gasteiger partial charge < -0.3 is 10.1 Å². The SMILES string of the molecule is CCCCCCCCCCCCCCCCCCNC(=O)C=CC(=O)OCCCCCCCCCCCCCCCCCC. The number of nitrogens with one attached hydrogen (secondary N) is 1. The molecule has 0 saturated heterocycles. The molecule has 1 N–H and O–H groups in total. The highest BCUT2D eigenvalue weighted by Gasteiger charge is 2.01. The van der Waals surface area contributed by atoms with Gasteiger partial charge in [-0.2, -0.15) is 0 Å². The van der Waals surface area contributed by atoms with Crippen LogP contribution in [0.5, 0.6) is 0 Å². The molecule has 4 heteroatoms. The van der Waals surface area contributed by atoms with Crippen molar-refractivity contribution in [3.05, 3.63) is 12.2 Å². The fourth-order valence-corrected chi connectivity index (χ4v) is 5.96. The van der Waals surface area contributed by atoms with Crippen molar-refractivity contribution in [2.75, 3.05) is 13.2 Å². The lowest BCUT2D eigenvalue weighted by molar-refractivity contribution is -0.138. The van der Waals surface area contributed by atoms with Gasteiger partial charge in [-0.1, -0.05) is 206 Å². The highest BCUT2D eigenvalue weighted by Crippen LogP contribution is 2.15. The number of esters is 1. The van der Waals surface area contributed by atoms with E-state index < -0.39 is 5.97 Å². The molecular weight excluding hydrogens is 542 g/mol. The normalized spacial score (nSPS) is 11.4. The first kappa shape index (κ1) is 42.7. The maximum Gasteiger partial charge on any atom is 0.330 e. The second-order valence-electron chi connectivity index (χ2n) is 13.4. The molecule has 0 unspecified atom stereocenters. The van der Waals surface area contributed by atoms with Crippen molar-refractivity contribution >= 4 is 11.9 Å². The summed E-state index contributed by atoms with van der Waals surface area (Å²) >= 11 is 0. The highest BCUT2D eigenvalue weighted by atomic mass is 16.5. The van der Waals surface area contributed by atoms with Crippen molar-refractivity contribution in [1.82, 2.24) is 5.32 Å². The van der Waals surface area contributed by atoms with Gasteiger partial charge in [0.1, 0.15) is 0 Å². The molecule has 0 aliphatic carbocycles. The molecule has 0 heterocycles. The van der Waals surface area contributed by atoms with Gasteiger partial charge in [-0.15, -0.1) is 0 Å². The maximum absolute atomic E-state index is 11.9. The Hall–Kier alpha value is -1.32. The van der Waals surface area contributed by atoms with Crippen LogP contribution in [0.1, 0.15) is 219 Å². The first-order chi connectivity index (χ1) is 21.7. The van der Waals surface area contributed by atoms with Crippen LogP contribution in [0.2, 0.25) is 0 Å². The van der Waals surface area contributed by atoms with Crippen molar-refractivity contribution < 1.29 is 14.3 Å². The number of unbranched alkanes of at least 4 members (excludes halogenated alkanes) is 30. The van der Waals surface area contributed by atoms with Gasteiger partial charge in [0, 0.05) is 18.7 Å². The molecule has 0 aromatic rings. The Labute approximate surface area is 275 Å². The minimum Gasteiger partial charge on any atom is -0.463 e. The standard InChI is InChI=1S/C40H77NO3/c1-3-5-7-9-11-13-15-17-19-21-23-25-27-29-31-33-37-41-39(42)35-36-40(43)44-38-34-32-30-28-26-24-22-20-18-16-14-12-10-8-6-4-2/h35-36H,3-34,37-38H2,1-2H3,(H,41,42). The van der Waals surface area contributed by atoms with Gasteiger partial charge >= 0.3 is 5.97 Å². The Morgan fingerprint density at radius 1 is 0.409 bits per heavy atom. The van der Waals surface area contributed by atoms with E-state index in [0.717, 1.165) is 25.7 Å². The van der Waals surface area contributed by atoms with Crippen LogP contribution in [0.15, 0.2) is 12.2 Å². The van der Waals surface area contributed by atoms with Crippen LogP contribution in [-0.4, -0.2) is 25.0 Å². The van der Waals surface area contributed by atoms with E-state index in [-0.39, 0.29) is 5.91 Å². The van der Waals surface area contributed by atoms with E-state index >= 15 is 0 Å². The Kier molecular flexibility index (Phi) is 36.7. The lowest BCUT2D eigenvalue weighted by Gasteiger charge is -2.05. The molecule has 0 atom stereocenters. The third kappa shape index (κ3) is 36.9. The van der Waals surface area contributed by atoms with Gasteiger partial charge in [-0.05, 0) is 12.8 Å². The van der Waals surface area contributed by atoms with Crippen LogP contribution in [0.4, 0.5) is 0 Å². The number of carbonyl (C=O) groups is 2. The molecule has 0 bridgehead atoms. The molecule has 0 aliphatic heterocycles. The van der Waals surface area contributed by atoms with Crippen molar-refractivity contribution in [2.24, 2.45) is 0 Å². The van der Waals surface area contributed by atoms with Crippen molar-refractivity contribution in [3.63, 3.8) is 0 Å². The monoisotopic (exact) mass is 620 g/mol. The van der Waals surface area contributed by atoms with E-state index in [1.54, 1.807) is 0 Å². The lowest BCUT2D eigenvalue weighted by Crippen LogP contribution is -2.22. The number of hydrogen-bond donors (Lipinski definition) is 1. The van der Waals surface area contributed by atoms with E-state index in [4.69, 9.17) is 4.74 Å². The molecule has 0 saturated carbocycles. The Bertz CT molecular complexity index is 566. The quantitative estimate of drug-likeness (QED) is 0.0431. The first-order valence-electron chi connectivity index (χ1n) is 19.8. The molecule has 0 aromatic heterocycles. The summed E-state index contributed by atoms with van der Waals surface area (Å²) in [7, 11) is 0. The molecular formula is C40H77NO3. The van der Waals surface area contributed by atoms with Gasteiger partial charge in [0.15, 0.2) is 0 Å². The molecule has 0 aromatic carbocycles. The predicted molar refractivity (Wildman–Crippen MR) is 192 cm³/mol. The van der Waals surface area contributed by atoms with Crippen molar-refractivity contribution in [1.29, 1.82) is 0 Å². The van der Waals surface area contributed by atoms with Crippen LogP contribution in [0, 0.1) is 0 Å². The second-order valence-corrected chi connectivity index (χ2v) is 13.4. The third-order valence-electron chi connectivity index (χ3n) is 8.94. The zero-order valence-corrected chi connectivity index (χ0v) is 29.9. The molecule has 4 nitrogen and oxygen atoms in total. The van der Waals surface area contributed by atoms with Crippen LogP contribution in [0.25, 0.3) is 0 Å². The highest BCUT2D eigenvalue weighted by molar-refractivity contribution is 5.94. The summed E-state index contributed by atoms with van der Waals surface area (Å²) in [6.07, 6.45) is 45.4. The van der Waals surface area contributed by atoms with Crippen molar-refractivity contribution in [3.8, 4) is 0 Å². The minimum absolute atomic E-state index is 0.203. The van der Waals surface area contributed by atoms with E-state index in [1.807, 2.05) is 0 Å². The fraction of sp³-hybridized carbons (Fsp3) is 0.900. The average molecular weight is 620 g/mol. The van der Waals surface area contributed by atoms with Gasteiger partial charge in [0.05, 0.1) is 6.61 Å². The maximum atomic E-state index is 11.9. The summed E-state index contributed by atoms with van der Waals surface area (Å²) in [6.45, 7) is 5.68. The number of ether oxygens (including phenoxy) is 1. The molecule has 44 heavy (non-hydrogen) atoms. The van der Waals surface area contributed by atoms with Crippen LogP contribution in [-0.2, 0) is 14.3 Å². The molecule has 0 rings (SSSR count). The zero-order valence-electron chi connectivity index (χ0n) is 29.9. The summed E-state index contributed by atoms with van der Waals surface area (Å²) in [6, 6.07) is 0.